The molecular formula is C13H18N2O2. The van der Waals surface area contributed by atoms with Crippen molar-refractivity contribution in [1.82, 2.24) is 4.90 Å². The largest absolute Gasteiger partial charge is 0.374 e. The molecule has 0 bridgehead atoms. The van der Waals surface area contributed by atoms with Crippen LogP contribution < -0.4 is 5.73 Å². The van der Waals surface area contributed by atoms with Crippen molar-refractivity contribution in [1.29, 1.82) is 0 Å². The van der Waals surface area contributed by atoms with Gasteiger partial charge in [-0.15, -0.1) is 0 Å². The fraction of sp³-hybridized carbons (Fsp3) is 0.462. The van der Waals surface area contributed by atoms with Crippen molar-refractivity contribution in [3.05, 3.63) is 35.9 Å². The van der Waals surface area contributed by atoms with E-state index in [0.717, 1.165) is 5.56 Å². The third-order valence-electron chi connectivity index (χ3n) is 3.05. The molecule has 1 aromatic carbocycles. The molecule has 4 heteroatoms. The van der Waals surface area contributed by atoms with Crippen LogP contribution in [0.15, 0.2) is 30.3 Å². The van der Waals surface area contributed by atoms with Crippen LogP contribution in [0.1, 0.15) is 18.5 Å². The molecule has 1 aliphatic rings. The second-order valence-corrected chi connectivity index (χ2v) is 4.32. The summed E-state index contributed by atoms with van der Waals surface area (Å²) >= 11 is 0. The average molecular weight is 234 g/mol. The molecule has 1 heterocycles. The quantitative estimate of drug-likeness (QED) is 0.828. The van der Waals surface area contributed by atoms with Gasteiger partial charge in [0.1, 0.15) is 0 Å². The molecule has 0 spiro atoms. The Hall–Kier alpha value is -1.39. The Balaban J connectivity index is 2.22. The standard InChI is InChI=1S/C13H18N2O2/c1-10-8-15(13(16)7-14)12(9-17-10)11-5-3-2-4-6-11/h2-6,10,12H,7-9,14H2,1H3/t10-,12+/m0/s1. The van der Waals surface area contributed by atoms with Gasteiger partial charge in [0.2, 0.25) is 5.91 Å². The molecule has 1 aromatic rings. The molecular weight excluding hydrogens is 216 g/mol. The van der Waals surface area contributed by atoms with Gasteiger partial charge < -0.3 is 15.4 Å². The number of nitrogens with two attached hydrogens (primary N) is 1. The zero-order chi connectivity index (χ0) is 12.3. The van der Waals surface area contributed by atoms with E-state index in [1.165, 1.54) is 0 Å². The number of ether oxygens (including phenoxy) is 1. The van der Waals surface area contributed by atoms with Gasteiger partial charge in [-0.2, -0.15) is 0 Å². The minimum Gasteiger partial charge on any atom is -0.374 e. The summed E-state index contributed by atoms with van der Waals surface area (Å²) in [6.07, 6.45) is 0.0745. The Bertz CT molecular complexity index is 380. The molecule has 0 radical (unpaired) electrons. The predicted octanol–water partition coefficient (Wildman–Crippen LogP) is 0.934. The number of morpholine rings is 1. The predicted molar refractivity (Wildman–Crippen MR) is 65.4 cm³/mol. The van der Waals surface area contributed by atoms with Crippen molar-refractivity contribution in [2.75, 3.05) is 19.7 Å². The van der Waals surface area contributed by atoms with Crippen LogP contribution in [0.5, 0.6) is 0 Å². The van der Waals surface area contributed by atoms with Crippen molar-refractivity contribution in [2.24, 2.45) is 5.73 Å². The number of benzene rings is 1. The topological polar surface area (TPSA) is 55.6 Å². The number of carbonyl (C=O) groups excluding carboxylic acids is 1. The fourth-order valence-electron chi connectivity index (χ4n) is 2.15. The first kappa shape index (κ1) is 12.1. The Morgan fingerprint density at radius 2 is 2.18 bits per heavy atom. The number of hydrogen-bond acceptors (Lipinski definition) is 3. The maximum atomic E-state index is 11.8. The molecule has 17 heavy (non-hydrogen) atoms. The van der Waals surface area contributed by atoms with E-state index in [1.54, 1.807) is 0 Å². The lowest BCUT2D eigenvalue weighted by molar-refractivity contribution is -0.143. The number of rotatable bonds is 2. The van der Waals surface area contributed by atoms with Crippen LogP contribution in [0.3, 0.4) is 0 Å². The van der Waals surface area contributed by atoms with Gasteiger partial charge in [-0.05, 0) is 12.5 Å². The first-order valence-corrected chi connectivity index (χ1v) is 5.88. The van der Waals surface area contributed by atoms with E-state index in [9.17, 15) is 4.79 Å². The Kier molecular flexibility index (Phi) is 3.76. The van der Waals surface area contributed by atoms with Gasteiger partial charge in [0.05, 0.1) is 25.3 Å². The molecule has 2 atom stereocenters. The maximum Gasteiger partial charge on any atom is 0.236 e. The molecule has 1 aliphatic heterocycles. The van der Waals surface area contributed by atoms with Crippen molar-refractivity contribution in [3.8, 4) is 0 Å². The summed E-state index contributed by atoms with van der Waals surface area (Å²) in [6.45, 7) is 3.17. The summed E-state index contributed by atoms with van der Waals surface area (Å²) in [4.78, 5) is 13.7. The normalized spacial score (nSPS) is 24.7. The SMILES string of the molecule is C[C@H]1CN(C(=O)CN)[C@@H](c2ccccc2)CO1. The lowest BCUT2D eigenvalue weighted by atomic mass is 10.0. The van der Waals surface area contributed by atoms with Crippen LogP contribution in [-0.2, 0) is 9.53 Å². The van der Waals surface area contributed by atoms with Gasteiger partial charge in [0.15, 0.2) is 0 Å². The number of carbonyl (C=O) groups is 1. The minimum absolute atomic E-state index is 0.0107. The molecule has 1 amide bonds. The van der Waals surface area contributed by atoms with Gasteiger partial charge in [-0.3, -0.25) is 4.79 Å². The summed E-state index contributed by atoms with van der Waals surface area (Å²) in [5.41, 5.74) is 6.55. The van der Waals surface area contributed by atoms with Crippen LogP contribution in [0.2, 0.25) is 0 Å². The van der Waals surface area contributed by atoms with Gasteiger partial charge in [0.25, 0.3) is 0 Å². The lowest BCUT2D eigenvalue weighted by Gasteiger charge is -2.38. The van der Waals surface area contributed by atoms with Crippen LogP contribution >= 0.6 is 0 Å². The van der Waals surface area contributed by atoms with E-state index in [2.05, 4.69) is 0 Å². The monoisotopic (exact) mass is 234 g/mol. The second kappa shape index (κ2) is 5.29. The maximum absolute atomic E-state index is 11.8. The molecule has 2 rings (SSSR count). The molecule has 0 aliphatic carbocycles. The molecule has 92 valence electrons. The van der Waals surface area contributed by atoms with E-state index < -0.39 is 0 Å². The van der Waals surface area contributed by atoms with E-state index in [4.69, 9.17) is 10.5 Å². The molecule has 1 saturated heterocycles. The molecule has 1 fully saturated rings. The Morgan fingerprint density at radius 1 is 1.47 bits per heavy atom. The van der Waals surface area contributed by atoms with Crippen molar-refractivity contribution < 1.29 is 9.53 Å². The third kappa shape index (κ3) is 2.65. The first-order valence-electron chi connectivity index (χ1n) is 5.88. The lowest BCUT2D eigenvalue weighted by Crippen LogP contribution is -2.48. The highest BCUT2D eigenvalue weighted by atomic mass is 16.5. The highest BCUT2D eigenvalue weighted by Crippen LogP contribution is 2.25. The zero-order valence-electron chi connectivity index (χ0n) is 10.0. The number of hydrogen-bond donors (Lipinski definition) is 1. The first-order chi connectivity index (χ1) is 8.22. The molecule has 0 unspecified atom stereocenters. The van der Waals surface area contributed by atoms with Gasteiger partial charge in [-0.1, -0.05) is 30.3 Å². The van der Waals surface area contributed by atoms with E-state index in [0.29, 0.717) is 13.2 Å². The van der Waals surface area contributed by atoms with Crippen molar-refractivity contribution >= 4 is 5.91 Å². The Labute approximate surface area is 101 Å². The van der Waals surface area contributed by atoms with Gasteiger partial charge >= 0.3 is 0 Å². The van der Waals surface area contributed by atoms with Gasteiger partial charge in [-0.25, -0.2) is 0 Å². The zero-order valence-corrected chi connectivity index (χ0v) is 10.0. The van der Waals surface area contributed by atoms with Crippen molar-refractivity contribution in [2.45, 2.75) is 19.1 Å². The van der Waals surface area contributed by atoms with Crippen molar-refractivity contribution in [3.63, 3.8) is 0 Å². The molecule has 4 nitrogen and oxygen atoms in total. The fourth-order valence-corrected chi connectivity index (χ4v) is 2.15. The number of amides is 1. The summed E-state index contributed by atoms with van der Waals surface area (Å²) in [5, 5.41) is 0. The van der Waals surface area contributed by atoms with Crippen LogP contribution in [0, 0.1) is 0 Å². The molecule has 0 saturated carbocycles. The smallest absolute Gasteiger partial charge is 0.236 e. The Morgan fingerprint density at radius 3 is 2.82 bits per heavy atom. The third-order valence-corrected chi connectivity index (χ3v) is 3.05. The summed E-state index contributed by atoms with van der Waals surface area (Å²) in [7, 11) is 0. The van der Waals surface area contributed by atoms with E-state index >= 15 is 0 Å². The highest BCUT2D eigenvalue weighted by Gasteiger charge is 2.30. The minimum atomic E-state index is -0.0194. The highest BCUT2D eigenvalue weighted by molar-refractivity contribution is 5.78. The number of nitrogens with zero attached hydrogens (tertiary/aromatic N) is 1. The van der Waals surface area contributed by atoms with Crippen LogP contribution in [0.25, 0.3) is 0 Å². The summed E-state index contributed by atoms with van der Waals surface area (Å²) < 4.78 is 5.64. The van der Waals surface area contributed by atoms with E-state index in [1.807, 2.05) is 42.2 Å². The average Bonchev–Trinajstić information content (AvgIpc) is 2.38. The van der Waals surface area contributed by atoms with E-state index in [-0.39, 0.29) is 24.6 Å². The van der Waals surface area contributed by atoms with Crippen LogP contribution in [0.4, 0.5) is 0 Å². The summed E-state index contributed by atoms with van der Waals surface area (Å²) in [5.74, 6) is -0.0194. The second-order valence-electron chi connectivity index (χ2n) is 4.32. The molecule has 2 N–H and O–H groups in total. The van der Waals surface area contributed by atoms with Crippen LogP contribution in [-0.4, -0.2) is 36.6 Å². The summed E-state index contributed by atoms with van der Waals surface area (Å²) in [6, 6.07) is 9.92. The van der Waals surface area contributed by atoms with Gasteiger partial charge in [0, 0.05) is 6.54 Å². The molecule has 0 aromatic heterocycles.